The molecular formula is C12H11F3N2S. The number of halogens is 3. The number of rotatable bonds is 3. The minimum absolute atomic E-state index is 0.497. The van der Waals surface area contributed by atoms with Crippen molar-refractivity contribution < 1.29 is 13.2 Å². The molecule has 0 amide bonds. The lowest BCUT2D eigenvalue weighted by Gasteiger charge is -2.07. The van der Waals surface area contributed by atoms with Gasteiger partial charge in [0.15, 0.2) is 0 Å². The van der Waals surface area contributed by atoms with E-state index in [2.05, 4.69) is 10.3 Å². The van der Waals surface area contributed by atoms with E-state index in [0.717, 1.165) is 17.0 Å². The van der Waals surface area contributed by atoms with Gasteiger partial charge in [-0.25, -0.2) is 4.98 Å². The maximum atomic E-state index is 12.6. The van der Waals surface area contributed by atoms with Gasteiger partial charge in [-0.15, -0.1) is 11.3 Å². The molecule has 0 bridgehead atoms. The van der Waals surface area contributed by atoms with Crippen molar-refractivity contribution in [3.8, 4) is 10.6 Å². The minimum Gasteiger partial charge on any atom is -0.315 e. The van der Waals surface area contributed by atoms with Crippen LogP contribution in [0.2, 0.25) is 0 Å². The van der Waals surface area contributed by atoms with Gasteiger partial charge in [0, 0.05) is 23.2 Å². The lowest BCUT2D eigenvalue weighted by Crippen LogP contribution is -2.04. The van der Waals surface area contributed by atoms with Crippen LogP contribution < -0.4 is 5.32 Å². The zero-order valence-corrected chi connectivity index (χ0v) is 10.4. The second kappa shape index (κ2) is 5.07. The van der Waals surface area contributed by atoms with Crippen LogP contribution in [0.15, 0.2) is 30.5 Å². The van der Waals surface area contributed by atoms with Gasteiger partial charge in [0.05, 0.1) is 5.56 Å². The van der Waals surface area contributed by atoms with Gasteiger partial charge in [0.2, 0.25) is 0 Å². The number of nitrogens with one attached hydrogen (secondary N) is 1. The van der Waals surface area contributed by atoms with Crippen LogP contribution in [0.5, 0.6) is 0 Å². The van der Waals surface area contributed by atoms with Crippen molar-refractivity contribution in [3.63, 3.8) is 0 Å². The van der Waals surface area contributed by atoms with E-state index in [1.54, 1.807) is 12.3 Å². The molecule has 0 saturated carbocycles. The van der Waals surface area contributed by atoms with Crippen molar-refractivity contribution in [2.24, 2.45) is 0 Å². The normalized spacial score (nSPS) is 11.8. The Morgan fingerprint density at radius 1 is 1.33 bits per heavy atom. The smallest absolute Gasteiger partial charge is 0.315 e. The molecule has 2 rings (SSSR count). The van der Waals surface area contributed by atoms with Gasteiger partial charge in [-0.05, 0) is 19.2 Å². The summed E-state index contributed by atoms with van der Waals surface area (Å²) in [5.74, 6) is 0. The van der Waals surface area contributed by atoms with E-state index in [-0.39, 0.29) is 0 Å². The number of thiazole rings is 1. The Hall–Kier alpha value is -1.40. The number of hydrogen-bond donors (Lipinski definition) is 1. The first-order chi connectivity index (χ1) is 8.50. The number of benzene rings is 1. The van der Waals surface area contributed by atoms with Crippen molar-refractivity contribution in [1.29, 1.82) is 0 Å². The van der Waals surface area contributed by atoms with Gasteiger partial charge in [-0.2, -0.15) is 13.2 Å². The average Bonchev–Trinajstić information content (AvgIpc) is 2.77. The molecule has 0 unspecified atom stereocenters. The maximum absolute atomic E-state index is 12.6. The van der Waals surface area contributed by atoms with Crippen LogP contribution in [0.4, 0.5) is 13.2 Å². The standard InChI is InChI=1S/C12H11F3N2S/c1-16-6-10-7-17-11(18-10)8-3-2-4-9(5-8)12(13,14)15/h2-5,7,16H,6H2,1H3. The van der Waals surface area contributed by atoms with Crippen LogP contribution in [-0.2, 0) is 12.7 Å². The third kappa shape index (κ3) is 2.88. The van der Waals surface area contributed by atoms with Crippen molar-refractivity contribution in [3.05, 3.63) is 40.9 Å². The van der Waals surface area contributed by atoms with Crippen molar-refractivity contribution in [2.45, 2.75) is 12.7 Å². The summed E-state index contributed by atoms with van der Waals surface area (Å²) in [5.41, 5.74) is -0.150. The molecule has 1 heterocycles. The highest BCUT2D eigenvalue weighted by Gasteiger charge is 2.30. The predicted octanol–water partition coefficient (Wildman–Crippen LogP) is 3.55. The third-order valence-electron chi connectivity index (χ3n) is 2.34. The minimum atomic E-state index is -4.32. The molecular weight excluding hydrogens is 261 g/mol. The zero-order valence-electron chi connectivity index (χ0n) is 9.58. The lowest BCUT2D eigenvalue weighted by molar-refractivity contribution is -0.137. The summed E-state index contributed by atoms with van der Waals surface area (Å²) < 4.78 is 37.7. The molecule has 0 aliphatic heterocycles. The summed E-state index contributed by atoms with van der Waals surface area (Å²) in [6, 6.07) is 5.22. The van der Waals surface area contributed by atoms with Crippen LogP contribution in [0, 0.1) is 0 Å². The van der Waals surface area contributed by atoms with E-state index in [1.165, 1.54) is 17.4 Å². The Morgan fingerprint density at radius 3 is 2.78 bits per heavy atom. The fourth-order valence-electron chi connectivity index (χ4n) is 1.53. The van der Waals surface area contributed by atoms with Crippen molar-refractivity contribution in [2.75, 3.05) is 7.05 Å². The summed E-state index contributed by atoms with van der Waals surface area (Å²) in [6.45, 7) is 0.663. The summed E-state index contributed by atoms with van der Waals surface area (Å²) >= 11 is 1.39. The topological polar surface area (TPSA) is 24.9 Å². The average molecular weight is 272 g/mol. The van der Waals surface area contributed by atoms with Gasteiger partial charge in [0.25, 0.3) is 0 Å². The Kier molecular flexibility index (Phi) is 3.68. The van der Waals surface area contributed by atoms with E-state index >= 15 is 0 Å². The molecule has 0 spiro atoms. The van der Waals surface area contributed by atoms with Crippen LogP contribution in [0.25, 0.3) is 10.6 Å². The highest BCUT2D eigenvalue weighted by Crippen LogP contribution is 2.33. The molecule has 0 aliphatic carbocycles. The first kappa shape index (κ1) is 13.0. The van der Waals surface area contributed by atoms with Gasteiger partial charge >= 0.3 is 6.18 Å². The summed E-state index contributed by atoms with van der Waals surface area (Å²) in [4.78, 5) is 5.13. The van der Waals surface area contributed by atoms with Crippen molar-refractivity contribution >= 4 is 11.3 Å². The monoisotopic (exact) mass is 272 g/mol. The molecule has 0 fully saturated rings. The molecule has 2 aromatic rings. The first-order valence-electron chi connectivity index (χ1n) is 5.27. The molecule has 6 heteroatoms. The summed E-state index contributed by atoms with van der Waals surface area (Å²) in [6.07, 6.45) is -2.64. The van der Waals surface area contributed by atoms with Gasteiger partial charge in [-0.3, -0.25) is 0 Å². The molecule has 1 aromatic carbocycles. The van der Waals surface area contributed by atoms with Crippen LogP contribution in [0.3, 0.4) is 0 Å². The highest BCUT2D eigenvalue weighted by atomic mass is 32.1. The zero-order chi connectivity index (χ0) is 13.2. The number of aromatic nitrogens is 1. The summed E-state index contributed by atoms with van der Waals surface area (Å²) in [7, 11) is 1.81. The highest BCUT2D eigenvalue weighted by molar-refractivity contribution is 7.15. The van der Waals surface area contributed by atoms with Gasteiger partial charge < -0.3 is 5.32 Å². The van der Waals surface area contributed by atoms with E-state index in [9.17, 15) is 13.2 Å². The van der Waals surface area contributed by atoms with E-state index in [1.807, 2.05) is 7.05 Å². The predicted molar refractivity (Wildman–Crippen MR) is 65.3 cm³/mol. The first-order valence-corrected chi connectivity index (χ1v) is 6.09. The van der Waals surface area contributed by atoms with Crippen LogP contribution in [-0.4, -0.2) is 12.0 Å². The molecule has 0 atom stereocenters. The number of nitrogens with zero attached hydrogens (tertiary/aromatic N) is 1. The largest absolute Gasteiger partial charge is 0.416 e. The molecule has 1 aromatic heterocycles. The molecule has 2 nitrogen and oxygen atoms in total. The van der Waals surface area contributed by atoms with Crippen LogP contribution in [0.1, 0.15) is 10.4 Å². The molecule has 0 aliphatic rings. The molecule has 0 saturated heterocycles. The molecule has 0 radical (unpaired) electrons. The molecule has 96 valence electrons. The lowest BCUT2D eigenvalue weighted by atomic mass is 10.1. The Labute approximate surface area is 106 Å². The fourth-order valence-corrected chi connectivity index (χ4v) is 2.45. The number of alkyl halides is 3. The Morgan fingerprint density at radius 2 is 2.11 bits per heavy atom. The van der Waals surface area contributed by atoms with E-state index in [0.29, 0.717) is 17.1 Å². The SMILES string of the molecule is CNCc1cnc(-c2cccc(C(F)(F)F)c2)s1. The third-order valence-corrected chi connectivity index (χ3v) is 3.39. The van der Waals surface area contributed by atoms with Gasteiger partial charge in [-0.1, -0.05) is 12.1 Å². The number of hydrogen-bond acceptors (Lipinski definition) is 3. The van der Waals surface area contributed by atoms with E-state index < -0.39 is 11.7 Å². The quantitative estimate of drug-likeness (QED) is 0.924. The summed E-state index contributed by atoms with van der Waals surface area (Å²) in [5, 5.41) is 3.58. The maximum Gasteiger partial charge on any atom is 0.416 e. The van der Waals surface area contributed by atoms with Gasteiger partial charge in [0.1, 0.15) is 5.01 Å². The second-order valence-corrected chi connectivity index (χ2v) is 4.86. The molecule has 18 heavy (non-hydrogen) atoms. The second-order valence-electron chi connectivity index (χ2n) is 3.74. The Balaban J connectivity index is 2.32. The fraction of sp³-hybridized carbons (Fsp3) is 0.250. The van der Waals surface area contributed by atoms with E-state index in [4.69, 9.17) is 0 Å². The Bertz CT molecular complexity index is 534. The van der Waals surface area contributed by atoms with Crippen molar-refractivity contribution in [1.82, 2.24) is 10.3 Å². The molecule has 1 N–H and O–H groups in total. The van der Waals surface area contributed by atoms with Crippen LogP contribution >= 0.6 is 11.3 Å².